The second kappa shape index (κ2) is 9.33. The molecule has 30 heavy (non-hydrogen) atoms. The van der Waals surface area contributed by atoms with Crippen molar-refractivity contribution in [2.75, 3.05) is 6.61 Å². The topological polar surface area (TPSA) is 78.3 Å². The molecule has 0 amide bonds. The Morgan fingerprint density at radius 3 is 2.63 bits per heavy atom. The molecular formula is C23H19ClN2O4. The average Bonchev–Trinajstić information content (AvgIpc) is 2.74. The van der Waals surface area contributed by atoms with E-state index in [1.807, 2.05) is 0 Å². The van der Waals surface area contributed by atoms with E-state index in [4.69, 9.17) is 16.3 Å². The predicted molar refractivity (Wildman–Crippen MR) is 115 cm³/mol. The van der Waals surface area contributed by atoms with Crippen molar-refractivity contribution in [1.82, 2.24) is 9.55 Å². The number of pyridine rings is 2. The molecule has 0 spiro atoms. The Hall–Kier alpha value is -3.51. The van der Waals surface area contributed by atoms with E-state index in [-0.39, 0.29) is 17.9 Å². The van der Waals surface area contributed by atoms with Gasteiger partial charge in [0.2, 0.25) is 0 Å². The van der Waals surface area contributed by atoms with Crippen LogP contribution >= 0.6 is 11.6 Å². The summed E-state index contributed by atoms with van der Waals surface area (Å²) in [5.74, 6) is -0.758. The fraction of sp³-hybridized carbons (Fsp3) is 0.130. The number of hydrogen-bond acceptors (Lipinski definition) is 5. The van der Waals surface area contributed by atoms with Gasteiger partial charge in [-0.15, -0.1) is 0 Å². The van der Waals surface area contributed by atoms with E-state index in [1.54, 1.807) is 62.8 Å². The molecular weight excluding hydrogens is 404 g/mol. The van der Waals surface area contributed by atoms with E-state index in [2.05, 4.69) is 4.98 Å². The zero-order chi connectivity index (χ0) is 21.7. The lowest BCUT2D eigenvalue weighted by atomic mass is 9.96. The molecule has 0 aliphatic rings. The van der Waals surface area contributed by atoms with E-state index >= 15 is 0 Å². The molecule has 2 heterocycles. The Bertz CT molecular complexity index is 1180. The Morgan fingerprint density at radius 1 is 1.20 bits per heavy atom. The third kappa shape index (κ3) is 4.72. The lowest BCUT2D eigenvalue weighted by molar-refractivity contribution is -0.137. The van der Waals surface area contributed by atoms with E-state index in [1.165, 1.54) is 22.8 Å². The summed E-state index contributed by atoms with van der Waals surface area (Å²) in [6.45, 7) is 1.95. The second-order valence-corrected chi connectivity index (χ2v) is 6.85. The van der Waals surface area contributed by atoms with Crippen molar-refractivity contribution in [2.45, 2.75) is 6.92 Å². The van der Waals surface area contributed by atoms with E-state index in [0.717, 1.165) is 0 Å². The highest BCUT2D eigenvalue weighted by molar-refractivity contribution is 6.30. The van der Waals surface area contributed by atoms with Crippen molar-refractivity contribution in [3.8, 4) is 11.3 Å². The largest absolute Gasteiger partial charge is 0.463 e. The van der Waals surface area contributed by atoms with Crippen LogP contribution in [0.5, 0.6) is 0 Å². The molecule has 3 rings (SSSR count). The third-order valence-corrected chi connectivity index (χ3v) is 4.61. The molecule has 2 aromatic heterocycles. The Kier molecular flexibility index (Phi) is 6.59. The number of halogens is 1. The van der Waals surface area contributed by atoms with Crippen LogP contribution in [0.4, 0.5) is 0 Å². The molecule has 1 aromatic carbocycles. The zero-order valence-electron chi connectivity index (χ0n) is 16.5. The van der Waals surface area contributed by atoms with Crippen LogP contribution in [-0.2, 0) is 16.6 Å². The minimum atomic E-state index is -0.525. The van der Waals surface area contributed by atoms with E-state index in [9.17, 15) is 14.4 Å². The van der Waals surface area contributed by atoms with Gasteiger partial charge in [-0.1, -0.05) is 11.6 Å². The molecule has 152 valence electrons. The van der Waals surface area contributed by atoms with Crippen molar-refractivity contribution in [3.63, 3.8) is 0 Å². The van der Waals surface area contributed by atoms with Gasteiger partial charge in [0.05, 0.1) is 12.3 Å². The highest BCUT2D eigenvalue weighted by Gasteiger charge is 2.18. The van der Waals surface area contributed by atoms with Crippen LogP contribution in [0.2, 0.25) is 5.02 Å². The molecule has 0 unspecified atom stereocenters. The van der Waals surface area contributed by atoms with Gasteiger partial charge in [-0.05, 0) is 55.0 Å². The SMILES string of the molecule is CCOC(=O)/C=C/c1cc(=O)n(C)cc1-c1ncccc1C(=O)c1ccc(Cl)cc1. The molecule has 0 bridgehead atoms. The first-order valence-corrected chi connectivity index (χ1v) is 9.59. The van der Waals surface area contributed by atoms with Gasteiger partial charge in [-0.2, -0.15) is 0 Å². The van der Waals surface area contributed by atoms with Gasteiger partial charge in [0.1, 0.15) is 0 Å². The van der Waals surface area contributed by atoms with Gasteiger partial charge >= 0.3 is 5.97 Å². The standard InChI is InChI=1S/C23H19ClN2O4/c1-3-30-21(28)11-8-16-13-20(27)26(2)14-19(16)22-18(5-4-12-25-22)23(29)15-6-9-17(24)10-7-15/h4-14H,3H2,1-2H3/b11-8+. The minimum Gasteiger partial charge on any atom is -0.463 e. The average molecular weight is 423 g/mol. The molecule has 0 atom stereocenters. The number of hydrogen-bond donors (Lipinski definition) is 0. The van der Waals surface area contributed by atoms with Crippen LogP contribution in [0.3, 0.4) is 0 Å². The minimum absolute atomic E-state index is 0.232. The van der Waals surface area contributed by atoms with E-state index in [0.29, 0.717) is 33.0 Å². The molecule has 0 saturated heterocycles. The number of aryl methyl sites for hydroxylation is 1. The summed E-state index contributed by atoms with van der Waals surface area (Å²) in [5, 5.41) is 0.530. The summed E-state index contributed by atoms with van der Waals surface area (Å²) in [4.78, 5) is 41.4. The number of nitrogens with zero attached hydrogens (tertiary/aromatic N) is 2. The number of carbonyl (C=O) groups is 2. The normalized spacial score (nSPS) is 10.9. The Balaban J connectivity index is 2.13. The van der Waals surface area contributed by atoms with Crippen LogP contribution in [-0.4, -0.2) is 27.9 Å². The van der Waals surface area contributed by atoms with Crippen molar-refractivity contribution in [2.24, 2.45) is 7.05 Å². The number of benzene rings is 1. The quantitative estimate of drug-likeness (QED) is 0.342. The number of esters is 1. The Labute approximate surface area is 178 Å². The molecule has 0 saturated carbocycles. The molecule has 7 heteroatoms. The first kappa shape index (κ1) is 21.2. The molecule has 0 aliphatic heterocycles. The molecule has 0 radical (unpaired) electrons. The van der Waals surface area contributed by atoms with Crippen LogP contribution in [0.25, 0.3) is 17.3 Å². The van der Waals surface area contributed by atoms with Gasteiger partial charge in [-0.25, -0.2) is 4.79 Å². The number of carbonyl (C=O) groups excluding carboxylic acids is 2. The summed E-state index contributed by atoms with van der Waals surface area (Å²) >= 11 is 5.92. The third-order valence-electron chi connectivity index (χ3n) is 4.36. The van der Waals surface area contributed by atoms with Crippen LogP contribution in [0.1, 0.15) is 28.4 Å². The fourth-order valence-corrected chi connectivity index (χ4v) is 3.01. The van der Waals surface area contributed by atoms with Crippen molar-refractivity contribution in [1.29, 1.82) is 0 Å². The van der Waals surface area contributed by atoms with Gasteiger partial charge in [0.15, 0.2) is 5.78 Å². The highest BCUT2D eigenvalue weighted by atomic mass is 35.5. The molecule has 6 nitrogen and oxygen atoms in total. The number of aromatic nitrogens is 2. The first-order chi connectivity index (χ1) is 14.4. The second-order valence-electron chi connectivity index (χ2n) is 6.41. The molecule has 3 aromatic rings. The predicted octanol–water partition coefficient (Wildman–Crippen LogP) is 3.91. The summed E-state index contributed by atoms with van der Waals surface area (Å²) in [7, 11) is 1.61. The highest BCUT2D eigenvalue weighted by Crippen LogP contribution is 2.27. The van der Waals surface area contributed by atoms with E-state index < -0.39 is 5.97 Å². The van der Waals surface area contributed by atoms with Crippen molar-refractivity contribution >= 4 is 29.4 Å². The Morgan fingerprint density at radius 2 is 1.93 bits per heavy atom. The van der Waals surface area contributed by atoms with Crippen molar-refractivity contribution in [3.05, 3.63) is 93.0 Å². The lowest BCUT2D eigenvalue weighted by Gasteiger charge is -2.12. The zero-order valence-corrected chi connectivity index (χ0v) is 17.2. The van der Waals surface area contributed by atoms with Crippen LogP contribution in [0, 0.1) is 0 Å². The van der Waals surface area contributed by atoms with Gasteiger partial charge in [0, 0.05) is 53.3 Å². The molecule has 0 N–H and O–H groups in total. The number of rotatable bonds is 6. The smallest absolute Gasteiger partial charge is 0.330 e. The van der Waals surface area contributed by atoms with Gasteiger partial charge < -0.3 is 9.30 Å². The lowest BCUT2D eigenvalue weighted by Crippen LogP contribution is -2.16. The molecule has 0 aliphatic carbocycles. The van der Waals surface area contributed by atoms with Gasteiger partial charge in [0.25, 0.3) is 5.56 Å². The summed E-state index contributed by atoms with van der Waals surface area (Å²) in [6.07, 6.45) is 5.89. The maximum atomic E-state index is 13.1. The summed E-state index contributed by atoms with van der Waals surface area (Å²) in [6, 6.07) is 11.3. The van der Waals surface area contributed by atoms with Crippen LogP contribution in [0.15, 0.2) is 65.7 Å². The summed E-state index contributed by atoms with van der Waals surface area (Å²) < 4.78 is 6.29. The fourth-order valence-electron chi connectivity index (χ4n) is 2.89. The summed E-state index contributed by atoms with van der Waals surface area (Å²) in [5.41, 5.74) is 1.96. The van der Waals surface area contributed by atoms with Crippen molar-refractivity contribution < 1.29 is 14.3 Å². The van der Waals surface area contributed by atoms with Crippen LogP contribution < -0.4 is 5.56 Å². The number of ether oxygens (including phenoxy) is 1. The first-order valence-electron chi connectivity index (χ1n) is 9.22. The maximum absolute atomic E-state index is 13.1. The van der Waals surface area contributed by atoms with Gasteiger partial charge in [-0.3, -0.25) is 14.6 Å². The molecule has 0 fully saturated rings. The number of ketones is 1. The maximum Gasteiger partial charge on any atom is 0.330 e. The monoisotopic (exact) mass is 422 g/mol.